The molecule has 2 aromatic rings. The summed E-state index contributed by atoms with van der Waals surface area (Å²) in [6.07, 6.45) is -3.44. The van der Waals surface area contributed by atoms with Crippen molar-refractivity contribution >= 4 is 21.4 Å². The molecular weight excluding hydrogens is 587 g/mol. The third kappa shape index (κ3) is 6.90. The summed E-state index contributed by atoms with van der Waals surface area (Å²) in [4.78, 5) is 16.3. The molecule has 1 aliphatic rings. The van der Waals surface area contributed by atoms with E-state index in [1.165, 1.54) is 6.07 Å². The summed E-state index contributed by atoms with van der Waals surface area (Å²) < 4.78 is 90.1. The van der Waals surface area contributed by atoms with E-state index in [2.05, 4.69) is 15.4 Å². The number of aromatic nitrogens is 3. The molecular formula is C18H18CeF5N4O3S-. The van der Waals surface area contributed by atoms with Crippen molar-refractivity contribution in [2.75, 3.05) is 11.6 Å². The number of rotatable bonds is 5. The van der Waals surface area contributed by atoms with Crippen LogP contribution in [-0.2, 0) is 22.6 Å². The Morgan fingerprint density at radius 3 is 2.50 bits per heavy atom. The van der Waals surface area contributed by atoms with Crippen molar-refractivity contribution in [1.29, 1.82) is 0 Å². The monoisotopic (exact) mass is 605 g/mol. The predicted octanol–water partition coefficient (Wildman–Crippen LogP) is 3.58. The van der Waals surface area contributed by atoms with Gasteiger partial charge in [0, 0.05) is 79.3 Å². The van der Waals surface area contributed by atoms with Crippen LogP contribution >= 0.6 is 0 Å². The van der Waals surface area contributed by atoms with Gasteiger partial charge in [-0.15, -0.1) is 0 Å². The Morgan fingerprint density at radius 1 is 1.31 bits per heavy atom. The largest absolute Gasteiger partial charge is 0.417 e. The van der Waals surface area contributed by atoms with Crippen molar-refractivity contribution in [2.45, 2.75) is 49.4 Å². The van der Waals surface area contributed by atoms with Gasteiger partial charge in [0.1, 0.15) is 5.91 Å². The Balaban J connectivity index is 0.00000363. The van der Waals surface area contributed by atoms with Gasteiger partial charge >= 0.3 is 6.18 Å². The van der Waals surface area contributed by atoms with Crippen molar-refractivity contribution < 1.29 is 76.9 Å². The SMILES string of the molecule is CS(=O)(=O)c1cc(NC(=O)c2[c-]c(C(F)(F)F)nn2CC2CCC(F)(F)CC2)ccn1.[Ce]. The molecule has 1 amide bonds. The van der Waals surface area contributed by atoms with E-state index >= 15 is 0 Å². The molecule has 0 radical (unpaired) electrons. The van der Waals surface area contributed by atoms with E-state index in [4.69, 9.17) is 0 Å². The Labute approximate surface area is 214 Å². The third-order valence-corrected chi connectivity index (χ3v) is 5.82. The van der Waals surface area contributed by atoms with Gasteiger partial charge in [-0.25, -0.2) is 22.2 Å². The minimum absolute atomic E-state index is 0. The first-order chi connectivity index (χ1) is 14.2. The fourth-order valence-corrected chi connectivity index (χ4v) is 3.81. The summed E-state index contributed by atoms with van der Waals surface area (Å²) >= 11 is 0. The summed E-state index contributed by atoms with van der Waals surface area (Å²) in [5.41, 5.74) is -1.96. The second-order valence-corrected chi connectivity index (χ2v) is 9.37. The number of hydrogen-bond donors (Lipinski definition) is 1. The molecule has 2 heterocycles. The maximum atomic E-state index is 13.4. The smallest absolute Gasteiger partial charge is 0.400 e. The Kier molecular flexibility index (Phi) is 8.43. The predicted molar refractivity (Wildman–Crippen MR) is 98.3 cm³/mol. The van der Waals surface area contributed by atoms with Gasteiger partial charge < -0.3 is 10.1 Å². The van der Waals surface area contributed by atoms with Crippen LogP contribution in [0, 0.1) is 53.7 Å². The molecule has 7 nitrogen and oxygen atoms in total. The van der Waals surface area contributed by atoms with Crippen molar-refractivity contribution in [3.05, 3.63) is 35.8 Å². The van der Waals surface area contributed by atoms with E-state index < -0.39 is 39.2 Å². The van der Waals surface area contributed by atoms with Crippen LogP contribution in [0.25, 0.3) is 0 Å². The molecule has 1 saturated carbocycles. The Hall–Kier alpha value is -1.19. The zero-order chi connectivity index (χ0) is 23.0. The van der Waals surface area contributed by atoms with Crippen LogP contribution in [0.3, 0.4) is 0 Å². The van der Waals surface area contributed by atoms with E-state index in [9.17, 15) is 35.2 Å². The number of carbonyl (C=O) groups is 1. The first-order valence-corrected chi connectivity index (χ1v) is 11.1. The van der Waals surface area contributed by atoms with Crippen LogP contribution < -0.4 is 5.32 Å². The molecule has 1 aliphatic carbocycles. The summed E-state index contributed by atoms with van der Waals surface area (Å²) in [6.45, 7) is -0.156. The second-order valence-electron chi connectivity index (χ2n) is 7.41. The molecule has 14 heteroatoms. The summed E-state index contributed by atoms with van der Waals surface area (Å²) in [6, 6.07) is 4.25. The van der Waals surface area contributed by atoms with Crippen molar-refractivity contribution in [2.24, 2.45) is 5.92 Å². The zero-order valence-corrected chi connectivity index (χ0v) is 20.7. The Bertz CT molecular complexity index is 1080. The molecule has 1 N–H and O–H groups in total. The van der Waals surface area contributed by atoms with E-state index in [0.29, 0.717) is 0 Å². The minimum Gasteiger partial charge on any atom is -0.400 e. The Morgan fingerprint density at radius 2 is 1.94 bits per heavy atom. The maximum absolute atomic E-state index is 13.4. The van der Waals surface area contributed by atoms with Crippen molar-refractivity contribution in [1.82, 2.24) is 14.8 Å². The van der Waals surface area contributed by atoms with Crippen LogP contribution in [0.1, 0.15) is 41.9 Å². The molecule has 3 rings (SSSR count). The molecule has 0 saturated heterocycles. The van der Waals surface area contributed by atoms with Gasteiger partial charge in [0.2, 0.25) is 5.92 Å². The number of anilines is 1. The molecule has 0 spiro atoms. The quantitative estimate of drug-likeness (QED) is 0.416. The first kappa shape index (κ1) is 27.1. The summed E-state index contributed by atoms with van der Waals surface area (Å²) in [5, 5.41) is 5.38. The van der Waals surface area contributed by atoms with Crippen LogP contribution in [0.2, 0.25) is 0 Å². The average Bonchev–Trinajstić information content (AvgIpc) is 3.07. The molecule has 0 atom stereocenters. The topological polar surface area (TPSA) is 94.0 Å². The number of nitrogens with zero attached hydrogens (tertiary/aromatic N) is 3. The molecule has 2 aromatic heterocycles. The van der Waals surface area contributed by atoms with Gasteiger partial charge in [0.05, 0.1) is 5.69 Å². The summed E-state index contributed by atoms with van der Waals surface area (Å²) in [5.74, 6) is -4.18. The number of pyridine rings is 1. The average molecular weight is 606 g/mol. The fourth-order valence-electron chi connectivity index (χ4n) is 3.21. The zero-order valence-electron chi connectivity index (χ0n) is 16.7. The normalized spacial score (nSPS) is 16.9. The van der Waals surface area contributed by atoms with E-state index in [0.717, 1.165) is 23.2 Å². The molecule has 0 unspecified atom stereocenters. The van der Waals surface area contributed by atoms with E-state index in [-0.39, 0.29) is 90.6 Å². The van der Waals surface area contributed by atoms with Gasteiger partial charge in [-0.3, -0.25) is 4.68 Å². The van der Waals surface area contributed by atoms with Crippen LogP contribution in [0.4, 0.5) is 27.6 Å². The van der Waals surface area contributed by atoms with Gasteiger partial charge in [0.25, 0.3) is 0 Å². The number of amides is 1. The van der Waals surface area contributed by atoms with Crippen LogP contribution in [0.15, 0.2) is 23.4 Å². The van der Waals surface area contributed by atoms with Crippen LogP contribution in [-0.4, -0.2) is 41.3 Å². The van der Waals surface area contributed by atoms with Gasteiger partial charge in [-0.05, 0) is 36.6 Å². The molecule has 174 valence electrons. The van der Waals surface area contributed by atoms with Gasteiger partial charge in [-0.2, -0.15) is 24.3 Å². The van der Waals surface area contributed by atoms with Crippen LogP contribution in [0.5, 0.6) is 0 Å². The van der Waals surface area contributed by atoms with E-state index in [1.54, 1.807) is 0 Å². The molecule has 0 aromatic carbocycles. The molecule has 32 heavy (non-hydrogen) atoms. The number of alkyl halides is 5. The third-order valence-electron chi connectivity index (χ3n) is 4.84. The van der Waals surface area contributed by atoms with Crippen molar-refractivity contribution in [3.63, 3.8) is 0 Å². The van der Waals surface area contributed by atoms with Crippen molar-refractivity contribution in [3.8, 4) is 0 Å². The van der Waals surface area contributed by atoms with Gasteiger partial charge in [0.15, 0.2) is 14.9 Å². The number of hydrogen-bond acceptors (Lipinski definition) is 5. The number of carbonyl (C=O) groups excluding carboxylic acids is 1. The standard InChI is InChI=1S/C18H18F5N4O3S.Ce/c1-31(29,30)15-8-12(4-7-24-15)25-16(28)13-9-14(18(21,22)23)26-27(13)10-11-2-5-17(19,20)6-3-11;/h4,7-8,11H,2-3,5-6,10H2,1H3,(H,24,25,28);/q-1;. The maximum Gasteiger partial charge on any atom is 0.417 e. The molecule has 0 bridgehead atoms. The van der Waals surface area contributed by atoms with Gasteiger partial charge in [-0.1, -0.05) is 0 Å². The number of halogens is 5. The first-order valence-electron chi connectivity index (χ1n) is 9.17. The molecule has 1 fully saturated rings. The summed E-state index contributed by atoms with van der Waals surface area (Å²) in [7, 11) is -3.68. The second kappa shape index (κ2) is 9.97. The van der Waals surface area contributed by atoms with E-state index in [1.807, 2.05) is 6.07 Å². The minimum atomic E-state index is -4.86. The number of sulfone groups is 1. The molecule has 0 aliphatic heterocycles. The number of nitrogens with one attached hydrogen (secondary N) is 1. The fraction of sp³-hybridized carbons (Fsp3) is 0.500.